The number of benzene rings is 1. The second-order valence-corrected chi connectivity index (χ2v) is 4.61. The van der Waals surface area contributed by atoms with Crippen LogP contribution in [0.3, 0.4) is 0 Å². The van der Waals surface area contributed by atoms with Gasteiger partial charge in [-0.25, -0.2) is 4.39 Å². The van der Waals surface area contributed by atoms with Crippen LogP contribution < -0.4 is 5.32 Å². The molecule has 2 nitrogen and oxygen atoms in total. The molecule has 1 saturated heterocycles. The number of halogens is 1. The third kappa shape index (κ3) is 2.60. The molecule has 1 aromatic rings. The van der Waals surface area contributed by atoms with Crippen LogP contribution in [0.25, 0.3) is 0 Å². The molecule has 2 rings (SSSR count). The lowest BCUT2D eigenvalue weighted by molar-refractivity contribution is 0.199. The van der Waals surface area contributed by atoms with E-state index in [9.17, 15) is 4.39 Å². The lowest BCUT2D eigenvalue weighted by atomic mass is 10.1. The first-order valence-electron chi connectivity index (χ1n) is 5.86. The minimum absolute atomic E-state index is 0.0966. The van der Waals surface area contributed by atoms with E-state index in [2.05, 4.69) is 17.1 Å². The Kier molecular flexibility index (Phi) is 3.56. The predicted molar refractivity (Wildman–Crippen MR) is 63.9 cm³/mol. The summed E-state index contributed by atoms with van der Waals surface area (Å²) in [6.45, 7) is 8.00. The number of hydrogen-bond acceptors (Lipinski definition) is 2. The normalized spacial score (nSPS) is 22.3. The van der Waals surface area contributed by atoms with Crippen LogP contribution in [-0.2, 0) is 6.54 Å². The molecule has 1 aliphatic rings. The van der Waals surface area contributed by atoms with Crippen LogP contribution in [0.5, 0.6) is 0 Å². The van der Waals surface area contributed by atoms with E-state index in [0.717, 1.165) is 37.3 Å². The minimum Gasteiger partial charge on any atom is -0.312 e. The van der Waals surface area contributed by atoms with Gasteiger partial charge in [-0.2, -0.15) is 0 Å². The van der Waals surface area contributed by atoms with E-state index in [1.54, 1.807) is 6.07 Å². The van der Waals surface area contributed by atoms with Crippen molar-refractivity contribution in [1.29, 1.82) is 0 Å². The number of nitrogens with one attached hydrogen (secondary N) is 1. The van der Waals surface area contributed by atoms with Gasteiger partial charge in [0.2, 0.25) is 0 Å². The summed E-state index contributed by atoms with van der Waals surface area (Å²) >= 11 is 0. The maximum absolute atomic E-state index is 13.4. The molecule has 1 aromatic carbocycles. The zero-order valence-electron chi connectivity index (χ0n) is 9.96. The molecule has 1 fully saturated rings. The second kappa shape index (κ2) is 4.93. The van der Waals surface area contributed by atoms with E-state index < -0.39 is 0 Å². The molecular formula is C13H19FN2. The summed E-state index contributed by atoms with van der Waals surface area (Å²) < 4.78 is 13.4. The Balaban J connectivity index is 2.05. The van der Waals surface area contributed by atoms with Crippen LogP contribution in [0.4, 0.5) is 4.39 Å². The van der Waals surface area contributed by atoms with Crippen LogP contribution in [0.2, 0.25) is 0 Å². The van der Waals surface area contributed by atoms with Gasteiger partial charge >= 0.3 is 0 Å². The molecular weight excluding hydrogens is 203 g/mol. The van der Waals surface area contributed by atoms with Gasteiger partial charge in [-0.15, -0.1) is 0 Å². The van der Waals surface area contributed by atoms with Crippen molar-refractivity contribution in [3.63, 3.8) is 0 Å². The zero-order chi connectivity index (χ0) is 11.5. The molecule has 1 unspecified atom stereocenters. The highest BCUT2D eigenvalue weighted by atomic mass is 19.1. The van der Waals surface area contributed by atoms with Gasteiger partial charge in [0.15, 0.2) is 0 Å². The quantitative estimate of drug-likeness (QED) is 0.822. The Morgan fingerprint density at radius 2 is 2.31 bits per heavy atom. The number of piperazine rings is 1. The van der Waals surface area contributed by atoms with E-state index in [1.807, 2.05) is 13.0 Å². The van der Waals surface area contributed by atoms with Gasteiger partial charge in [0.05, 0.1) is 0 Å². The van der Waals surface area contributed by atoms with Gasteiger partial charge in [0, 0.05) is 32.2 Å². The molecule has 0 bridgehead atoms. The summed E-state index contributed by atoms with van der Waals surface area (Å²) in [6.07, 6.45) is 0. The van der Waals surface area contributed by atoms with E-state index in [-0.39, 0.29) is 5.82 Å². The first-order valence-corrected chi connectivity index (χ1v) is 5.86. The Morgan fingerprint density at radius 1 is 1.50 bits per heavy atom. The lowest BCUT2D eigenvalue weighted by Crippen LogP contribution is -2.48. The molecule has 1 heterocycles. The SMILES string of the molecule is Cc1c(F)cccc1CN1CCNC(C)C1. The van der Waals surface area contributed by atoms with Crippen molar-refractivity contribution in [2.75, 3.05) is 19.6 Å². The molecule has 0 spiro atoms. The molecule has 1 aliphatic heterocycles. The molecule has 0 radical (unpaired) electrons. The Bertz CT molecular complexity index is 365. The van der Waals surface area contributed by atoms with Crippen molar-refractivity contribution in [3.05, 3.63) is 35.1 Å². The van der Waals surface area contributed by atoms with Crippen molar-refractivity contribution < 1.29 is 4.39 Å². The molecule has 16 heavy (non-hydrogen) atoms. The topological polar surface area (TPSA) is 15.3 Å². The molecule has 0 aliphatic carbocycles. The summed E-state index contributed by atoms with van der Waals surface area (Å²) in [4.78, 5) is 2.38. The average Bonchev–Trinajstić information content (AvgIpc) is 2.25. The van der Waals surface area contributed by atoms with Crippen molar-refractivity contribution in [2.45, 2.75) is 26.4 Å². The third-order valence-electron chi connectivity index (χ3n) is 3.23. The predicted octanol–water partition coefficient (Wildman–Crippen LogP) is 1.93. The summed E-state index contributed by atoms with van der Waals surface area (Å²) in [5, 5.41) is 3.41. The van der Waals surface area contributed by atoms with Crippen LogP contribution >= 0.6 is 0 Å². The van der Waals surface area contributed by atoms with Gasteiger partial charge in [-0.3, -0.25) is 4.90 Å². The highest BCUT2D eigenvalue weighted by molar-refractivity contribution is 5.27. The summed E-state index contributed by atoms with van der Waals surface area (Å²) in [5.74, 6) is -0.0966. The Hall–Kier alpha value is -0.930. The lowest BCUT2D eigenvalue weighted by Gasteiger charge is -2.32. The van der Waals surface area contributed by atoms with Crippen LogP contribution in [0.15, 0.2) is 18.2 Å². The molecule has 3 heteroatoms. The Labute approximate surface area is 96.5 Å². The first-order chi connectivity index (χ1) is 7.66. The largest absolute Gasteiger partial charge is 0.312 e. The Morgan fingerprint density at radius 3 is 3.06 bits per heavy atom. The summed E-state index contributed by atoms with van der Waals surface area (Å²) in [5.41, 5.74) is 1.89. The van der Waals surface area contributed by atoms with Crippen LogP contribution in [0, 0.1) is 12.7 Å². The zero-order valence-corrected chi connectivity index (χ0v) is 9.96. The van der Waals surface area contributed by atoms with Gasteiger partial charge in [0.25, 0.3) is 0 Å². The molecule has 88 valence electrons. The van der Waals surface area contributed by atoms with Gasteiger partial charge in [-0.1, -0.05) is 12.1 Å². The average molecular weight is 222 g/mol. The maximum atomic E-state index is 13.4. The van der Waals surface area contributed by atoms with Crippen molar-refractivity contribution in [2.24, 2.45) is 0 Å². The highest BCUT2D eigenvalue weighted by Gasteiger charge is 2.16. The molecule has 0 aromatic heterocycles. The summed E-state index contributed by atoms with van der Waals surface area (Å²) in [6, 6.07) is 5.87. The van der Waals surface area contributed by atoms with Crippen LogP contribution in [0.1, 0.15) is 18.1 Å². The monoisotopic (exact) mass is 222 g/mol. The fourth-order valence-corrected chi connectivity index (χ4v) is 2.22. The third-order valence-corrected chi connectivity index (χ3v) is 3.23. The molecule has 0 saturated carbocycles. The van der Waals surface area contributed by atoms with Gasteiger partial charge in [-0.05, 0) is 31.0 Å². The van der Waals surface area contributed by atoms with Crippen LogP contribution in [-0.4, -0.2) is 30.6 Å². The first kappa shape index (κ1) is 11.6. The van der Waals surface area contributed by atoms with Gasteiger partial charge < -0.3 is 5.32 Å². The highest BCUT2D eigenvalue weighted by Crippen LogP contribution is 2.15. The molecule has 0 amide bonds. The fourth-order valence-electron chi connectivity index (χ4n) is 2.22. The molecule has 1 atom stereocenters. The van der Waals surface area contributed by atoms with Crippen molar-refractivity contribution >= 4 is 0 Å². The van der Waals surface area contributed by atoms with E-state index in [1.165, 1.54) is 6.07 Å². The second-order valence-electron chi connectivity index (χ2n) is 4.61. The fraction of sp³-hybridized carbons (Fsp3) is 0.538. The minimum atomic E-state index is -0.0966. The van der Waals surface area contributed by atoms with Crippen molar-refractivity contribution in [3.8, 4) is 0 Å². The number of nitrogens with zero attached hydrogens (tertiary/aromatic N) is 1. The maximum Gasteiger partial charge on any atom is 0.126 e. The molecule has 1 N–H and O–H groups in total. The van der Waals surface area contributed by atoms with E-state index >= 15 is 0 Å². The van der Waals surface area contributed by atoms with Crippen molar-refractivity contribution in [1.82, 2.24) is 10.2 Å². The van der Waals surface area contributed by atoms with E-state index in [4.69, 9.17) is 0 Å². The number of hydrogen-bond donors (Lipinski definition) is 1. The van der Waals surface area contributed by atoms with E-state index in [0.29, 0.717) is 6.04 Å². The smallest absolute Gasteiger partial charge is 0.126 e. The summed E-state index contributed by atoms with van der Waals surface area (Å²) in [7, 11) is 0. The van der Waals surface area contributed by atoms with Gasteiger partial charge in [0.1, 0.15) is 5.82 Å². The standard InChI is InChI=1S/C13H19FN2/c1-10-8-16(7-6-15-10)9-12-4-3-5-13(14)11(12)2/h3-5,10,15H,6-9H2,1-2H3. The number of rotatable bonds is 2.